The maximum atomic E-state index is 11.6. The molecule has 5 nitrogen and oxygen atoms in total. The average molecular weight is 278 g/mol. The molecular formula is C13H14N2O3S. The largest absolute Gasteiger partial charge is 0.507 e. The predicted molar refractivity (Wildman–Crippen MR) is 74.3 cm³/mol. The van der Waals surface area contributed by atoms with E-state index in [0.29, 0.717) is 5.01 Å². The molecule has 1 heterocycles. The molecule has 0 saturated heterocycles. The standard InChI is InChI=1S/C13H14N2O3S/c1-7(2)12(18)15-8-3-4-9(16)10(11(8)17)13-14-5-6-19-13/h3-7,16-17H,1-2H3,(H,15,18). The molecule has 0 aliphatic carbocycles. The lowest BCUT2D eigenvalue weighted by molar-refractivity contribution is -0.118. The van der Waals surface area contributed by atoms with Crippen molar-refractivity contribution in [1.29, 1.82) is 0 Å². The third-order valence-corrected chi connectivity index (χ3v) is 3.37. The van der Waals surface area contributed by atoms with Gasteiger partial charge in [-0.05, 0) is 12.1 Å². The highest BCUT2D eigenvalue weighted by molar-refractivity contribution is 7.13. The first kappa shape index (κ1) is 13.4. The van der Waals surface area contributed by atoms with Gasteiger partial charge in [-0.1, -0.05) is 13.8 Å². The van der Waals surface area contributed by atoms with Gasteiger partial charge < -0.3 is 15.5 Å². The number of phenols is 2. The Morgan fingerprint density at radius 2 is 2.11 bits per heavy atom. The molecule has 0 bridgehead atoms. The molecule has 1 amide bonds. The van der Waals surface area contributed by atoms with Crippen LogP contribution in [0.1, 0.15) is 13.8 Å². The van der Waals surface area contributed by atoms with Gasteiger partial charge in [-0.2, -0.15) is 0 Å². The number of hydrogen-bond donors (Lipinski definition) is 3. The molecular weight excluding hydrogens is 264 g/mol. The fourth-order valence-electron chi connectivity index (χ4n) is 1.52. The molecule has 0 radical (unpaired) electrons. The van der Waals surface area contributed by atoms with Crippen molar-refractivity contribution in [3.8, 4) is 22.1 Å². The summed E-state index contributed by atoms with van der Waals surface area (Å²) in [4.78, 5) is 15.7. The summed E-state index contributed by atoms with van der Waals surface area (Å²) in [6.45, 7) is 3.52. The second-order valence-corrected chi connectivity index (χ2v) is 5.23. The van der Waals surface area contributed by atoms with Crippen LogP contribution in [0.4, 0.5) is 5.69 Å². The molecule has 0 saturated carbocycles. The van der Waals surface area contributed by atoms with E-state index in [1.807, 2.05) is 0 Å². The van der Waals surface area contributed by atoms with Crippen molar-refractivity contribution in [3.05, 3.63) is 23.7 Å². The molecule has 0 aliphatic heterocycles. The van der Waals surface area contributed by atoms with Crippen LogP contribution in [0.15, 0.2) is 23.7 Å². The number of benzene rings is 1. The maximum Gasteiger partial charge on any atom is 0.227 e. The van der Waals surface area contributed by atoms with Gasteiger partial charge in [-0.25, -0.2) is 4.98 Å². The van der Waals surface area contributed by atoms with Gasteiger partial charge in [-0.15, -0.1) is 11.3 Å². The van der Waals surface area contributed by atoms with E-state index in [9.17, 15) is 15.0 Å². The number of phenolic OH excluding ortho intramolecular Hbond substituents is 2. The van der Waals surface area contributed by atoms with Gasteiger partial charge in [0.15, 0.2) is 5.75 Å². The van der Waals surface area contributed by atoms with Crippen LogP contribution >= 0.6 is 11.3 Å². The van der Waals surface area contributed by atoms with Crippen molar-refractivity contribution in [2.45, 2.75) is 13.8 Å². The number of rotatable bonds is 3. The lowest BCUT2D eigenvalue weighted by Gasteiger charge is -2.12. The van der Waals surface area contributed by atoms with E-state index in [-0.39, 0.29) is 34.6 Å². The Bertz CT molecular complexity index is 594. The number of aromatic nitrogens is 1. The smallest absolute Gasteiger partial charge is 0.227 e. The lowest BCUT2D eigenvalue weighted by atomic mass is 10.1. The fraction of sp³-hybridized carbons (Fsp3) is 0.231. The van der Waals surface area contributed by atoms with E-state index in [2.05, 4.69) is 10.3 Å². The zero-order chi connectivity index (χ0) is 14.0. The van der Waals surface area contributed by atoms with Gasteiger partial charge in [0.2, 0.25) is 5.91 Å². The quantitative estimate of drug-likeness (QED) is 0.595. The Hall–Kier alpha value is -2.08. The average Bonchev–Trinajstić information content (AvgIpc) is 2.86. The van der Waals surface area contributed by atoms with E-state index >= 15 is 0 Å². The first-order valence-corrected chi connectivity index (χ1v) is 6.64. The highest BCUT2D eigenvalue weighted by Crippen LogP contribution is 2.42. The summed E-state index contributed by atoms with van der Waals surface area (Å²) < 4.78 is 0. The second-order valence-electron chi connectivity index (χ2n) is 4.34. The molecule has 2 rings (SSSR count). The molecule has 3 N–H and O–H groups in total. The normalized spacial score (nSPS) is 10.7. The summed E-state index contributed by atoms with van der Waals surface area (Å²) in [5.74, 6) is -0.651. The molecule has 0 spiro atoms. The highest BCUT2D eigenvalue weighted by atomic mass is 32.1. The van der Waals surface area contributed by atoms with Crippen LogP contribution in [0.2, 0.25) is 0 Å². The van der Waals surface area contributed by atoms with Crippen LogP contribution in [0.3, 0.4) is 0 Å². The summed E-state index contributed by atoms with van der Waals surface area (Å²) in [6.07, 6.45) is 1.58. The first-order chi connectivity index (χ1) is 9.00. The minimum absolute atomic E-state index is 0.0741. The number of nitrogens with zero attached hydrogens (tertiary/aromatic N) is 1. The summed E-state index contributed by atoms with van der Waals surface area (Å²) in [5, 5.41) is 24.8. The van der Waals surface area contributed by atoms with Crippen LogP contribution < -0.4 is 5.32 Å². The lowest BCUT2D eigenvalue weighted by Crippen LogP contribution is -2.17. The van der Waals surface area contributed by atoms with E-state index in [1.165, 1.54) is 23.5 Å². The minimum atomic E-state index is -0.203. The van der Waals surface area contributed by atoms with Crippen LogP contribution in [-0.2, 0) is 4.79 Å². The SMILES string of the molecule is CC(C)C(=O)Nc1ccc(O)c(-c2nccs2)c1O. The number of hydrogen-bond acceptors (Lipinski definition) is 5. The molecule has 0 aliphatic rings. The van der Waals surface area contributed by atoms with Crippen LogP contribution in [-0.4, -0.2) is 21.1 Å². The van der Waals surface area contributed by atoms with Crippen molar-refractivity contribution >= 4 is 22.9 Å². The Balaban J connectivity index is 2.43. The van der Waals surface area contributed by atoms with Gasteiger partial charge in [0.05, 0.1) is 11.3 Å². The summed E-state index contributed by atoms with van der Waals surface area (Å²) in [6, 6.07) is 2.88. The maximum absolute atomic E-state index is 11.6. The Morgan fingerprint density at radius 3 is 2.68 bits per heavy atom. The molecule has 1 aromatic carbocycles. The molecule has 0 unspecified atom stereocenters. The predicted octanol–water partition coefficient (Wildman–Crippen LogP) is 2.82. The van der Waals surface area contributed by atoms with Gasteiger partial charge in [0.1, 0.15) is 10.8 Å². The zero-order valence-electron chi connectivity index (χ0n) is 10.5. The molecule has 1 aromatic heterocycles. The van der Waals surface area contributed by atoms with Crippen molar-refractivity contribution in [3.63, 3.8) is 0 Å². The molecule has 19 heavy (non-hydrogen) atoms. The van der Waals surface area contributed by atoms with Crippen molar-refractivity contribution in [1.82, 2.24) is 4.98 Å². The highest BCUT2D eigenvalue weighted by Gasteiger charge is 2.18. The zero-order valence-corrected chi connectivity index (χ0v) is 11.4. The monoisotopic (exact) mass is 278 g/mol. The van der Waals surface area contributed by atoms with Gasteiger partial charge in [-0.3, -0.25) is 4.79 Å². The molecule has 6 heteroatoms. The topological polar surface area (TPSA) is 82.5 Å². The number of aromatic hydroxyl groups is 2. The fourth-order valence-corrected chi connectivity index (χ4v) is 2.21. The summed E-state index contributed by atoms with van der Waals surface area (Å²) in [5.41, 5.74) is 0.498. The van der Waals surface area contributed by atoms with Gasteiger partial charge in [0.25, 0.3) is 0 Å². The number of carbonyl (C=O) groups is 1. The van der Waals surface area contributed by atoms with Crippen LogP contribution in [0.25, 0.3) is 10.6 Å². The van der Waals surface area contributed by atoms with Crippen LogP contribution in [0.5, 0.6) is 11.5 Å². The van der Waals surface area contributed by atoms with Gasteiger partial charge in [0, 0.05) is 17.5 Å². The minimum Gasteiger partial charge on any atom is -0.507 e. The van der Waals surface area contributed by atoms with Crippen molar-refractivity contribution in [2.75, 3.05) is 5.32 Å². The molecule has 0 fully saturated rings. The third-order valence-electron chi connectivity index (χ3n) is 2.58. The molecule has 100 valence electrons. The van der Waals surface area contributed by atoms with Crippen molar-refractivity contribution in [2.24, 2.45) is 5.92 Å². The van der Waals surface area contributed by atoms with E-state index in [1.54, 1.807) is 25.4 Å². The number of amides is 1. The van der Waals surface area contributed by atoms with Crippen LogP contribution in [0, 0.1) is 5.92 Å². The number of thiazole rings is 1. The van der Waals surface area contributed by atoms with E-state index < -0.39 is 0 Å². The summed E-state index contributed by atoms with van der Waals surface area (Å²) >= 11 is 1.29. The van der Waals surface area contributed by atoms with Crippen molar-refractivity contribution < 1.29 is 15.0 Å². The second kappa shape index (κ2) is 5.27. The molecule has 0 atom stereocenters. The van der Waals surface area contributed by atoms with E-state index in [4.69, 9.17) is 0 Å². The Labute approximate surface area is 114 Å². The Kier molecular flexibility index (Phi) is 3.71. The Morgan fingerprint density at radius 1 is 1.37 bits per heavy atom. The van der Waals surface area contributed by atoms with E-state index in [0.717, 1.165) is 0 Å². The number of carbonyl (C=O) groups excluding carboxylic acids is 1. The van der Waals surface area contributed by atoms with Gasteiger partial charge >= 0.3 is 0 Å². The molecule has 2 aromatic rings. The number of anilines is 1. The number of nitrogens with one attached hydrogen (secondary N) is 1. The summed E-state index contributed by atoms with van der Waals surface area (Å²) in [7, 11) is 0. The third kappa shape index (κ3) is 2.68. The first-order valence-electron chi connectivity index (χ1n) is 5.76.